The Kier molecular flexibility index (Phi) is 23.4. The first-order valence-corrected chi connectivity index (χ1v) is 31.8. The van der Waals surface area contributed by atoms with E-state index in [0.717, 1.165) is 48.5 Å². The number of fused-ring (bicyclic) bond motifs is 16. The Morgan fingerprint density at radius 1 is 0.770 bits per heavy atom. The van der Waals surface area contributed by atoms with Gasteiger partial charge in [-0.05, 0) is 110 Å². The van der Waals surface area contributed by atoms with E-state index in [-0.39, 0.29) is 63.4 Å². The number of phenols is 3. The first-order chi connectivity index (χ1) is 47.2. The highest BCUT2D eigenvalue weighted by molar-refractivity contribution is 6.32. The third-order valence-electron chi connectivity index (χ3n) is 17.1. The van der Waals surface area contributed by atoms with Crippen molar-refractivity contribution >= 4 is 71.0 Å². The number of carbonyl (C=O) groups excluding carboxylic acids is 7. The first kappa shape index (κ1) is 75.0. The number of benzene rings is 5. The molecule has 11 rings (SSSR count). The number of carboxylic acids is 1. The van der Waals surface area contributed by atoms with Gasteiger partial charge in [0, 0.05) is 41.3 Å². The van der Waals surface area contributed by atoms with Gasteiger partial charge < -0.3 is 128 Å². The number of ether oxygens (including phenoxy) is 6. The zero-order valence-electron chi connectivity index (χ0n) is 53.8. The van der Waals surface area contributed by atoms with E-state index < -0.39 is 215 Å². The minimum Gasteiger partial charge on any atom is -0.508 e. The van der Waals surface area contributed by atoms with Crippen LogP contribution in [0.4, 0.5) is 0 Å². The summed E-state index contributed by atoms with van der Waals surface area (Å²) in [4.78, 5) is 113. The molecule has 538 valence electrons. The number of likely N-dealkylation sites (N-methyl/N-ethyl adjacent to an activating group) is 1. The van der Waals surface area contributed by atoms with Crippen molar-refractivity contribution in [3.05, 3.63) is 117 Å². The number of nitrogens with one attached hydrogen (secondary N) is 7. The van der Waals surface area contributed by atoms with Gasteiger partial charge in [0.1, 0.15) is 71.3 Å². The molecule has 100 heavy (non-hydrogen) atoms. The number of carboxylic acid groups (broad SMARTS) is 1. The number of hydrogen-bond donors (Lipinski definition) is 19. The molecule has 0 aromatic heterocycles. The summed E-state index contributed by atoms with van der Waals surface area (Å²) in [5.74, 6) is -14.7. The van der Waals surface area contributed by atoms with E-state index in [1.54, 1.807) is 0 Å². The minimum absolute atomic E-state index is 0.00713. The van der Waals surface area contributed by atoms with Crippen molar-refractivity contribution < 1.29 is 118 Å². The molecular weight excluding hydrogens is 1360 g/mol. The molecule has 5 aromatic rings. The molecule has 5 aromatic carbocycles. The molecule has 6 aliphatic rings. The third-order valence-corrected chi connectivity index (χ3v) is 17.7. The van der Waals surface area contributed by atoms with Crippen LogP contribution < -0.4 is 62.9 Å². The molecular formula is C65H75Cl2N9O24. The van der Waals surface area contributed by atoms with Crippen LogP contribution in [0.2, 0.25) is 10.0 Å². The number of carbonyl (C=O) groups is 8. The summed E-state index contributed by atoms with van der Waals surface area (Å²) in [7, 11) is 1.46. The van der Waals surface area contributed by atoms with E-state index in [1.807, 2.05) is 19.2 Å². The van der Waals surface area contributed by atoms with Crippen molar-refractivity contribution in [3.63, 3.8) is 0 Å². The lowest BCUT2D eigenvalue weighted by Gasteiger charge is -2.47. The quantitative estimate of drug-likeness (QED) is 0.0429. The molecule has 7 amide bonds. The number of nitrogens with two attached hydrogens (primary N) is 2. The number of aromatic hydroxyl groups is 3. The Balaban J connectivity index is 1.30. The van der Waals surface area contributed by atoms with Gasteiger partial charge in [-0.15, -0.1) is 0 Å². The number of aliphatic hydroxyl groups excluding tert-OH is 6. The van der Waals surface area contributed by atoms with Crippen molar-refractivity contribution in [1.82, 2.24) is 37.2 Å². The number of amides is 7. The predicted octanol–water partition coefficient (Wildman–Crippen LogP) is -0.0363. The third kappa shape index (κ3) is 16.3. The molecule has 33 nitrogen and oxygen atoms in total. The monoisotopic (exact) mass is 1440 g/mol. The van der Waals surface area contributed by atoms with E-state index in [0.29, 0.717) is 0 Å². The van der Waals surface area contributed by atoms with Crippen LogP contribution in [0.1, 0.15) is 98.7 Å². The lowest BCUT2D eigenvalue weighted by Crippen LogP contribution is -2.64. The van der Waals surface area contributed by atoms with Crippen molar-refractivity contribution in [1.29, 1.82) is 0 Å². The molecule has 21 N–H and O–H groups in total. The first-order valence-electron chi connectivity index (χ1n) is 31.1. The second-order valence-corrected chi connectivity index (χ2v) is 25.7. The SMILES string of the molecule is CN[C@H](CC(C)C)C(=O)NC1C(=O)NC(C(N)=O)C(=O)N[C@H]2C(=O)N[C@H](c3ccc(O)c(-c4c(O)cc(O)cc4[C@H](NC=O)C(=O)O)c3)C(=O)NC[C@H](O)c3ccc(c(Cl)c3)Oc3cc2cc(c3O[C@@H]2O[C@H](CO)[C@@H](O)[C@H](O)[C@H]2O[C@H]2C[C@](C)(N)[C@H](O)[C@H](C)O2)Oc2ccc(cc2Cl)[C@H]1O. The smallest absolute Gasteiger partial charge is 0.330 e. The highest BCUT2D eigenvalue weighted by Gasteiger charge is 2.51. The largest absolute Gasteiger partial charge is 0.508 e. The molecule has 2 saturated heterocycles. The maximum atomic E-state index is 15.9. The molecule has 0 aliphatic carbocycles. The zero-order chi connectivity index (χ0) is 73.1. The standard InChI is InChI=1S/C65H75Cl2N9O24/c1-24(2)12-35(70-5)58(88)75-49-51(83)28-8-11-40(34(67)15-28)97-42-17-29-16-41(54(42)100-64-55(53(85)52(84)43(22-77)98-64)99-44-20-65(4,69)56(86)25(3)95-44)96-39-10-7-26(14-33(39)66)38(82)21-71-59(89)46(73-60(90)47(29)74-62(92)50(57(68)87)76-61(49)91)27-6-9-36(80)31(13-27)45-32(18-30(79)19-37(45)81)48(63(93)94)72-23-78/h6-11,13-19,23-25,35,38,43-44,46-53,55-56,64,70,77,79-86H,12,20-22,69H2,1-5H3,(H2,68,87)(H,71,89)(H,72,78)(H,73,90)(H,74,92)(H,75,88)(H,76,91)(H,93,94)/t25-,35+,38-,43+,44-,46+,47+,48-,49?,50?,51+,52+,53-,55+,56+,64-,65-/m0/s1. The van der Waals surface area contributed by atoms with E-state index in [9.17, 15) is 79.8 Å². The number of hydrogen-bond acceptors (Lipinski definition) is 25. The molecule has 35 heteroatoms. The van der Waals surface area contributed by atoms with E-state index in [4.69, 9.17) is 63.1 Å². The van der Waals surface area contributed by atoms with E-state index in [1.165, 1.54) is 51.2 Å². The lowest BCUT2D eigenvalue weighted by atomic mass is 9.86. The molecule has 0 saturated carbocycles. The summed E-state index contributed by atoms with van der Waals surface area (Å²) < 4.78 is 38.2. The number of halogens is 2. The zero-order valence-corrected chi connectivity index (χ0v) is 55.3. The van der Waals surface area contributed by atoms with Crippen LogP contribution in [0.3, 0.4) is 0 Å². The number of rotatable bonds is 17. The summed E-state index contributed by atoms with van der Waals surface area (Å²) in [5, 5.41) is 129. The topological polar surface area (TPSA) is 530 Å². The molecule has 17 atom stereocenters. The highest BCUT2D eigenvalue weighted by Crippen LogP contribution is 2.49. The maximum Gasteiger partial charge on any atom is 0.330 e. The van der Waals surface area contributed by atoms with Crippen LogP contribution in [0.25, 0.3) is 11.1 Å². The van der Waals surface area contributed by atoms with Gasteiger partial charge in [-0.1, -0.05) is 55.2 Å². The van der Waals surface area contributed by atoms with Gasteiger partial charge in [0.05, 0.1) is 41.0 Å². The fraction of sp³-hybridized carbons (Fsp3) is 0.415. The number of aliphatic hydroxyl groups is 6. The van der Waals surface area contributed by atoms with Gasteiger partial charge >= 0.3 is 5.97 Å². The summed E-state index contributed by atoms with van der Waals surface area (Å²) in [6, 6.07) is 1.81. The Labute approximate surface area is 578 Å². The van der Waals surface area contributed by atoms with Crippen LogP contribution in [0.5, 0.6) is 46.0 Å². The van der Waals surface area contributed by atoms with Gasteiger partial charge in [0.25, 0.3) is 5.91 Å². The summed E-state index contributed by atoms with van der Waals surface area (Å²) in [6.45, 7) is 4.99. The summed E-state index contributed by atoms with van der Waals surface area (Å²) in [5.41, 5.74) is 8.46. The van der Waals surface area contributed by atoms with Crippen LogP contribution in [-0.2, 0) is 52.6 Å². The Morgan fingerprint density at radius 2 is 1.39 bits per heavy atom. The van der Waals surface area contributed by atoms with Gasteiger partial charge in [0.2, 0.25) is 48.0 Å². The lowest BCUT2D eigenvalue weighted by molar-refractivity contribution is -0.333. The van der Waals surface area contributed by atoms with Gasteiger partial charge in [-0.25, -0.2) is 4.79 Å². The second-order valence-electron chi connectivity index (χ2n) is 24.9. The molecule has 6 heterocycles. The van der Waals surface area contributed by atoms with Gasteiger partial charge in [-0.2, -0.15) is 0 Å². The average molecular weight is 1440 g/mol. The van der Waals surface area contributed by atoms with Gasteiger partial charge in [0.15, 0.2) is 36.0 Å². The van der Waals surface area contributed by atoms with Crippen LogP contribution >= 0.6 is 23.2 Å². The number of aliphatic carboxylic acids is 1. The molecule has 2 fully saturated rings. The maximum absolute atomic E-state index is 15.9. The van der Waals surface area contributed by atoms with Crippen LogP contribution in [0.15, 0.2) is 78.9 Å². The van der Waals surface area contributed by atoms with Crippen molar-refractivity contribution in [2.45, 2.75) is 144 Å². The Morgan fingerprint density at radius 3 is 1.98 bits per heavy atom. The molecule has 6 aliphatic heterocycles. The van der Waals surface area contributed by atoms with Crippen molar-refractivity contribution in [2.75, 3.05) is 20.2 Å². The minimum atomic E-state index is -2.54. The molecule has 2 unspecified atom stereocenters. The summed E-state index contributed by atoms with van der Waals surface area (Å²) in [6.07, 6.45) is -16.8. The van der Waals surface area contributed by atoms with E-state index >= 15 is 9.59 Å². The second kappa shape index (κ2) is 31.1. The van der Waals surface area contributed by atoms with Crippen molar-refractivity contribution in [2.24, 2.45) is 17.4 Å². The molecule has 0 radical (unpaired) electrons. The average Bonchev–Trinajstić information content (AvgIpc) is 0.777. The molecule has 0 spiro atoms. The molecule has 7 bridgehead atoms. The number of primary amides is 1. The van der Waals surface area contributed by atoms with Crippen LogP contribution in [-0.4, -0.2) is 192 Å². The van der Waals surface area contributed by atoms with Crippen molar-refractivity contribution in [3.8, 4) is 57.1 Å². The Bertz CT molecular complexity index is 3960. The predicted molar refractivity (Wildman–Crippen MR) is 347 cm³/mol. The van der Waals surface area contributed by atoms with Gasteiger partial charge in [-0.3, -0.25) is 33.6 Å². The normalized spacial score (nSPS) is 27.9. The fourth-order valence-corrected chi connectivity index (χ4v) is 12.3. The fourth-order valence-electron chi connectivity index (χ4n) is 11.9. The Hall–Kier alpha value is -9.20. The highest BCUT2D eigenvalue weighted by atomic mass is 35.5. The van der Waals surface area contributed by atoms with Crippen LogP contribution in [0, 0.1) is 5.92 Å². The summed E-state index contributed by atoms with van der Waals surface area (Å²) >= 11 is 14.0. The number of phenolic OH excluding ortho intramolecular Hbond substituents is 3. The van der Waals surface area contributed by atoms with E-state index in [2.05, 4.69) is 31.9 Å².